The quantitative estimate of drug-likeness (QED) is 0.363. The fourth-order valence-electron chi connectivity index (χ4n) is 3.97. The summed E-state index contributed by atoms with van der Waals surface area (Å²) in [6.07, 6.45) is 3.34. The van der Waals surface area contributed by atoms with Crippen LogP contribution in [0.5, 0.6) is 5.75 Å². The number of nitrogens with zero attached hydrogens (tertiary/aromatic N) is 5. The SMILES string of the molecule is CCOC(=O)Cc1cccc(-c2c(C#N)c3ccc(OCCn4cncn4)cc3n2CC)c1. The zero-order valence-electron chi connectivity index (χ0n) is 18.7. The maximum Gasteiger partial charge on any atom is 0.310 e. The summed E-state index contributed by atoms with van der Waals surface area (Å²) in [7, 11) is 0. The lowest BCUT2D eigenvalue weighted by atomic mass is 10.0. The molecule has 2 aromatic heterocycles. The van der Waals surface area contributed by atoms with E-state index in [0.717, 1.165) is 33.5 Å². The Morgan fingerprint density at radius 1 is 1.18 bits per heavy atom. The van der Waals surface area contributed by atoms with Crippen molar-refractivity contribution in [3.8, 4) is 23.1 Å². The Hall–Kier alpha value is -4.12. The lowest BCUT2D eigenvalue weighted by Gasteiger charge is -2.11. The van der Waals surface area contributed by atoms with E-state index in [9.17, 15) is 10.1 Å². The minimum Gasteiger partial charge on any atom is -0.492 e. The maximum atomic E-state index is 11.9. The van der Waals surface area contributed by atoms with Gasteiger partial charge in [-0.05, 0) is 43.2 Å². The molecule has 4 rings (SSSR count). The average Bonchev–Trinajstić information content (AvgIpc) is 3.44. The number of fused-ring (bicyclic) bond motifs is 1. The van der Waals surface area contributed by atoms with E-state index in [4.69, 9.17) is 9.47 Å². The van der Waals surface area contributed by atoms with Crippen LogP contribution in [0.25, 0.3) is 22.2 Å². The number of carbonyl (C=O) groups excluding carboxylic acids is 1. The van der Waals surface area contributed by atoms with Crippen molar-refractivity contribution in [3.63, 3.8) is 0 Å². The van der Waals surface area contributed by atoms with Gasteiger partial charge in [0, 0.05) is 18.0 Å². The van der Waals surface area contributed by atoms with Crippen LogP contribution in [-0.2, 0) is 29.0 Å². The van der Waals surface area contributed by atoms with Crippen LogP contribution in [0, 0.1) is 11.3 Å². The molecular weight excluding hydrogens is 418 g/mol. The number of esters is 1. The van der Waals surface area contributed by atoms with Gasteiger partial charge in [-0.25, -0.2) is 9.67 Å². The lowest BCUT2D eigenvalue weighted by molar-refractivity contribution is -0.142. The van der Waals surface area contributed by atoms with Crippen molar-refractivity contribution in [1.82, 2.24) is 19.3 Å². The molecule has 168 valence electrons. The van der Waals surface area contributed by atoms with Crippen LogP contribution in [-0.4, -0.2) is 38.5 Å². The highest BCUT2D eigenvalue weighted by Gasteiger charge is 2.19. The van der Waals surface area contributed by atoms with Gasteiger partial charge in [-0.15, -0.1) is 0 Å². The number of hydrogen-bond acceptors (Lipinski definition) is 6. The molecule has 2 aromatic carbocycles. The summed E-state index contributed by atoms with van der Waals surface area (Å²) >= 11 is 0. The molecule has 0 spiro atoms. The number of benzene rings is 2. The van der Waals surface area contributed by atoms with Gasteiger partial charge >= 0.3 is 5.97 Å². The lowest BCUT2D eigenvalue weighted by Crippen LogP contribution is -2.08. The number of carbonyl (C=O) groups is 1. The van der Waals surface area contributed by atoms with Crippen LogP contribution in [0.3, 0.4) is 0 Å². The Morgan fingerprint density at radius 3 is 2.79 bits per heavy atom. The predicted octanol–water partition coefficient (Wildman–Crippen LogP) is 3.98. The third-order valence-electron chi connectivity index (χ3n) is 5.37. The molecular formula is C25H25N5O3. The van der Waals surface area contributed by atoms with Gasteiger partial charge in [0.2, 0.25) is 0 Å². The number of hydrogen-bond donors (Lipinski definition) is 0. The number of ether oxygens (including phenoxy) is 2. The second-order valence-electron chi connectivity index (χ2n) is 7.45. The second kappa shape index (κ2) is 10.0. The molecule has 0 aliphatic rings. The van der Waals surface area contributed by atoms with Gasteiger partial charge in [-0.1, -0.05) is 18.2 Å². The smallest absolute Gasteiger partial charge is 0.310 e. The fraction of sp³-hybridized carbons (Fsp3) is 0.280. The van der Waals surface area contributed by atoms with Gasteiger partial charge in [0.15, 0.2) is 0 Å². The molecule has 0 aliphatic heterocycles. The monoisotopic (exact) mass is 443 g/mol. The Balaban J connectivity index is 1.68. The van der Waals surface area contributed by atoms with Gasteiger partial charge in [0.05, 0.1) is 36.3 Å². The van der Waals surface area contributed by atoms with Crippen molar-refractivity contribution < 1.29 is 14.3 Å². The third-order valence-corrected chi connectivity index (χ3v) is 5.37. The number of aromatic nitrogens is 4. The summed E-state index contributed by atoms with van der Waals surface area (Å²) in [5.41, 5.74) is 4.10. The van der Waals surface area contributed by atoms with Gasteiger partial charge in [-0.2, -0.15) is 10.4 Å². The second-order valence-corrected chi connectivity index (χ2v) is 7.45. The molecule has 0 atom stereocenters. The molecule has 33 heavy (non-hydrogen) atoms. The standard InChI is InChI=1S/C25H25N5O3/c1-3-30-23-14-20(33-11-10-29-17-27-16-28-29)8-9-21(23)22(15-26)25(30)19-7-5-6-18(12-19)13-24(31)32-4-2/h5-9,12,14,16-17H,3-4,10-11,13H2,1-2H3. The Bertz CT molecular complexity index is 1300. The fourth-order valence-corrected chi connectivity index (χ4v) is 3.97. The molecule has 0 N–H and O–H groups in total. The van der Waals surface area contributed by atoms with Crippen LogP contribution in [0.15, 0.2) is 55.1 Å². The molecule has 0 amide bonds. The van der Waals surface area contributed by atoms with E-state index in [1.54, 1.807) is 17.9 Å². The third kappa shape index (κ3) is 4.72. The molecule has 2 heterocycles. The van der Waals surface area contributed by atoms with Gasteiger partial charge in [0.1, 0.15) is 31.1 Å². The summed E-state index contributed by atoms with van der Waals surface area (Å²) in [5.74, 6) is 0.459. The van der Waals surface area contributed by atoms with E-state index in [2.05, 4.69) is 20.7 Å². The van der Waals surface area contributed by atoms with Crippen molar-refractivity contribution >= 4 is 16.9 Å². The highest BCUT2D eigenvalue weighted by atomic mass is 16.5. The van der Waals surface area contributed by atoms with E-state index >= 15 is 0 Å². The van der Waals surface area contributed by atoms with E-state index in [-0.39, 0.29) is 12.4 Å². The first kappa shape index (κ1) is 22.1. The summed E-state index contributed by atoms with van der Waals surface area (Å²) in [4.78, 5) is 15.9. The number of nitriles is 1. The topological polar surface area (TPSA) is 95.0 Å². The minimum absolute atomic E-state index is 0.194. The van der Waals surface area contributed by atoms with Gasteiger partial charge in [-0.3, -0.25) is 4.79 Å². The highest BCUT2D eigenvalue weighted by molar-refractivity contribution is 5.95. The van der Waals surface area contributed by atoms with Crippen LogP contribution in [0.1, 0.15) is 25.0 Å². The molecule has 8 nitrogen and oxygen atoms in total. The van der Waals surface area contributed by atoms with Gasteiger partial charge < -0.3 is 14.0 Å². The predicted molar refractivity (Wildman–Crippen MR) is 124 cm³/mol. The highest BCUT2D eigenvalue weighted by Crippen LogP contribution is 2.35. The molecule has 0 fully saturated rings. The van der Waals surface area contributed by atoms with E-state index in [0.29, 0.717) is 31.9 Å². The molecule has 4 aromatic rings. The minimum atomic E-state index is -0.265. The number of aryl methyl sites for hydroxylation is 1. The van der Waals surface area contributed by atoms with Crippen molar-refractivity contribution in [2.24, 2.45) is 0 Å². The molecule has 8 heteroatoms. The Morgan fingerprint density at radius 2 is 2.06 bits per heavy atom. The zero-order chi connectivity index (χ0) is 23.2. The Labute approximate surface area is 192 Å². The van der Waals surface area contributed by atoms with Crippen LogP contribution >= 0.6 is 0 Å². The first-order valence-electron chi connectivity index (χ1n) is 10.9. The normalized spacial score (nSPS) is 10.8. The van der Waals surface area contributed by atoms with Crippen LogP contribution in [0.2, 0.25) is 0 Å². The first-order chi connectivity index (χ1) is 16.1. The van der Waals surface area contributed by atoms with E-state index in [1.165, 1.54) is 6.33 Å². The van der Waals surface area contributed by atoms with Crippen LogP contribution < -0.4 is 4.74 Å². The van der Waals surface area contributed by atoms with E-state index in [1.807, 2.05) is 49.4 Å². The molecule has 0 bridgehead atoms. The van der Waals surface area contributed by atoms with Crippen LogP contribution in [0.4, 0.5) is 0 Å². The first-order valence-corrected chi connectivity index (χ1v) is 10.9. The molecule has 0 saturated carbocycles. The molecule has 0 saturated heterocycles. The van der Waals surface area contributed by atoms with Crippen molar-refractivity contribution in [2.45, 2.75) is 33.4 Å². The summed E-state index contributed by atoms with van der Waals surface area (Å²) < 4.78 is 14.8. The Kier molecular flexibility index (Phi) is 6.69. The largest absolute Gasteiger partial charge is 0.492 e. The zero-order valence-corrected chi connectivity index (χ0v) is 18.7. The number of rotatable bonds is 9. The summed E-state index contributed by atoms with van der Waals surface area (Å²) in [6.45, 7) is 5.91. The molecule has 0 aliphatic carbocycles. The average molecular weight is 444 g/mol. The van der Waals surface area contributed by atoms with Crippen molar-refractivity contribution in [3.05, 3.63) is 66.2 Å². The van der Waals surface area contributed by atoms with Gasteiger partial charge in [0.25, 0.3) is 0 Å². The summed E-state index contributed by atoms with van der Waals surface area (Å²) in [6, 6.07) is 15.9. The molecule has 0 radical (unpaired) electrons. The van der Waals surface area contributed by atoms with E-state index < -0.39 is 0 Å². The van der Waals surface area contributed by atoms with Crippen molar-refractivity contribution in [2.75, 3.05) is 13.2 Å². The maximum absolute atomic E-state index is 11.9. The molecule has 0 unspecified atom stereocenters. The summed E-state index contributed by atoms with van der Waals surface area (Å²) in [5, 5.41) is 14.9. The van der Waals surface area contributed by atoms with Crippen molar-refractivity contribution in [1.29, 1.82) is 5.26 Å².